The minimum Gasteiger partial charge on any atom is -0.497 e. The van der Waals surface area contributed by atoms with Crippen LogP contribution in [-0.2, 0) is 4.79 Å². The molecule has 0 bridgehead atoms. The van der Waals surface area contributed by atoms with Gasteiger partial charge in [-0.1, -0.05) is 36.4 Å². The number of nitrogens with one attached hydrogen (secondary N) is 2. The van der Waals surface area contributed by atoms with Crippen molar-refractivity contribution in [2.75, 3.05) is 19.0 Å². The molecular weight excluding hydrogens is 330 g/mol. The summed E-state index contributed by atoms with van der Waals surface area (Å²) in [6.07, 6.45) is 0.308. The summed E-state index contributed by atoms with van der Waals surface area (Å²) < 4.78 is 5.14. The van der Waals surface area contributed by atoms with Crippen molar-refractivity contribution in [1.29, 1.82) is 0 Å². The van der Waals surface area contributed by atoms with Crippen molar-refractivity contribution in [3.8, 4) is 5.75 Å². The maximum atomic E-state index is 12.4. The molecule has 1 aliphatic heterocycles. The van der Waals surface area contributed by atoms with Crippen LogP contribution in [0.4, 0.5) is 10.5 Å². The molecule has 0 aliphatic carbocycles. The SMILES string of the molecule is COc1cccc(NC(=O)NC2CC(=O)N(C(C)c3ccccc3)C2)c1. The van der Waals surface area contributed by atoms with E-state index in [0.29, 0.717) is 24.4 Å². The molecule has 136 valence electrons. The number of hydrogen-bond acceptors (Lipinski definition) is 3. The van der Waals surface area contributed by atoms with Crippen LogP contribution in [0.5, 0.6) is 5.75 Å². The second kappa shape index (κ2) is 7.91. The fraction of sp³-hybridized carbons (Fsp3) is 0.300. The summed E-state index contributed by atoms with van der Waals surface area (Å²) in [6.45, 7) is 2.51. The molecule has 1 heterocycles. The number of carbonyl (C=O) groups excluding carboxylic acids is 2. The van der Waals surface area contributed by atoms with Gasteiger partial charge in [0.25, 0.3) is 0 Å². The summed E-state index contributed by atoms with van der Waals surface area (Å²) in [5.41, 5.74) is 1.73. The predicted molar refractivity (Wildman–Crippen MR) is 100 cm³/mol. The van der Waals surface area contributed by atoms with E-state index in [2.05, 4.69) is 10.6 Å². The van der Waals surface area contributed by atoms with Gasteiger partial charge in [0.1, 0.15) is 5.75 Å². The lowest BCUT2D eigenvalue weighted by Crippen LogP contribution is -2.40. The zero-order valence-corrected chi connectivity index (χ0v) is 14.9. The Morgan fingerprint density at radius 3 is 2.69 bits per heavy atom. The summed E-state index contributed by atoms with van der Waals surface area (Å²) >= 11 is 0. The molecule has 3 rings (SSSR count). The van der Waals surface area contributed by atoms with Gasteiger partial charge in [0.05, 0.1) is 19.2 Å². The highest BCUT2D eigenvalue weighted by molar-refractivity contribution is 5.90. The third kappa shape index (κ3) is 4.14. The smallest absolute Gasteiger partial charge is 0.319 e. The monoisotopic (exact) mass is 353 g/mol. The van der Waals surface area contributed by atoms with E-state index in [9.17, 15) is 9.59 Å². The zero-order chi connectivity index (χ0) is 18.5. The van der Waals surface area contributed by atoms with Crippen LogP contribution >= 0.6 is 0 Å². The lowest BCUT2D eigenvalue weighted by atomic mass is 10.1. The number of urea groups is 1. The second-order valence-corrected chi connectivity index (χ2v) is 6.36. The van der Waals surface area contributed by atoms with E-state index in [0.717, 1.165) is 5.56 Å². The maximum absolute atomic E-state index is 12.4. The average Bonchev–Trinajstić information content (AvgIpc) is 3.01. The van der Waals surface area contributed by atoms with Crippen LogP contribution in [-0.4, -0.2) is 36.5 Å². The molecule has 2 aromatic carbocycles. The lowest BCUT2D eigenvalue weighted by molar-refractivity contribution is -0.129. The van der Waals surface area contributed by atoms with Crippen LogP contribution in [0, 0.1) is 0 Å². The van der Waals surface area contributed by atoms with Gasteiger partial charge >= 0.3 is 6.03 Å². The van der Waals surface area contributed by atoms with Gasteiger partial charge in [0, 0.05) is 24.7 Å². The summed E-state index contributed by atoms with van der Waals surface area (Å²) in [5.74, 6) is 0.717. The van der Waals surface area contributed by atoms with Gasteiger partial charge in [-0.25, -0.2) is 4.79 Å². The molecule has 1 saturated heterocycles. The molecule has 0 spiro atoms. The molecule has 1 aliphatic rings. The van der Waals surface area contributed by atoms with Crippen molar-refractivity contribution in [2.24, 2.45) is 0 Å². The van der Waals surface area contributed by atoms with E-state index in [1.54, 1.807) is 25.3 Å². The van der Waals surface area contributed by atoms with Gasteiger partial charge in [-0.3, -0.25) is 4.79 Å². The summed E-state index contributed by atoms with van der Waals surface area (Å²) in [4.78, 5) is 26.4. The summed E-state index contributed by atoms with van der Waals surface area (Å²) in [6, 6.07) is 16.5. The Balaban J connectivity index is 1.57. The quantitative estimate of drug-likeness (QED) is 0.867. The highest BCUT2D eigenvalue weighted by atomic mass is 16.5. The van der Waals surface area contributed by atoms with Crippen molar-refractivity contribution in [3.63, 3.8) is 0 Å². The van der Waals surface area contributed by atoms with Crippen molar-refractivity contribution < 1.29 is 14.3 Å². The van der Waals surface area contributed by atoms with E-state index >= 15 is 0 Å². The highest BCUT2D eigenvalue weighted by Crippen LogP contribution is 2.25. The van der Waals surface area contributed by atoms with Crippen molar-refractivity contribution >= 4 is 17.6 Å². The predicted octanol–water partition coefficient (Wildman–Crippen LogP) is 3.18. The van der Waals surface area contributed by atoms with Gasteiger partial charge in [-0.15, -0.1) is 0 Å². The van der Waals surface area contributed by atoms with Crippen LogP contribution in [0.15, 0.2) is 54.6 Å². The summed E-state index contributed by atoms with van der Waals surface area (Å²) in [5, 5.41) is 5.65. The van der Waals surface area contributed by atoms with Crippen LogP contribution in [0.25, 0.3) is 0 Å². The summed E-state index contributed by atoms with van der Waals surface area (Å²) in [7, 11) is 1.58. The topological polar surface area (TPSA) is 70.7 Å². The van der Waals surface area contributed by atoms with E-state index in [1.807, 2.05) is 48.2 Å². The molecule has 6 nitrogen and oxygen atoms in total. The van der Waals surface area contributed by atoms with Crippen LogP contribution in [0.3, 0.4) is 0 Å². The molecule has 3 amide bonds. The van der Waals surface area contributed by atoms with Gasteiger partial charge in [-0.2, -0.15) is 0 Å². The molecule has 0 saturated carbocycles. The Morgan fingerprint density at radius 2 is 1.96 bits per heavy atom. The molecular formula is C20H23N3O3. The molecule has 1 fully saturated rings. The molecule has 2 atom stereocenters. The molecule has 6 heteroatoms. The van der Waals surface area contributed by atoms with Gasteiger partial charge in [0.15, 0.2) is 0 Å². The Kier molecular flexibility index (Phi) is 5.41. The van der Waals surface area contributed by atoms with Gasteiger partial charge in [-0.05, 0) is 24.6 Å². The number of carbonyl (C=O) groups is 2. The third-order valence-corrected chi connectivity index (χ3v) is 4.57. The van der Waals surface area contributed by atoms with Gasteiger partial charge < -0.3 is 20.3 Å². The Bertz CT molecular complexity index is 779. The van der Waals surface area contributed by atoms with E-state index in [1.165, 1.54) is 0 Å². The third-order valence-electron chi connectivity index (χ3n) is 4.57. The highest BCUT2D eigenvalue weighted by Gasteiger charge is 2.33. The van der Waals surface area contributed by atoms with E-state index < -0.39 is 0 Å². The Labute approximate surface area is 153 Å². The number of ether oxygens (including phenoxy) is 1. The first kappa shape index (κ1) is 17.8. The molecule has 26 heavy (non-hydrogen) atoms. The Hall–Kier alpha value is -3.02. The Morgan fingerprint density at radius 1 is 1.19 bits per heavy atom. The number of amides is 3. The number of hydrogen-bond donors (Lipinski definition) is 2. The molecule has 2 aromatic rings. The maximum Gasteiger partial charge on any atom is 0.319 e. The van der Waals surface area contributed by atoms with Gasteiger partial charge in [0.2, 0.25) is 5.91 Å². The first-order chi connectivity index (χ1) is 12.6. The van der Waals surface area contributed by atoms with E-state index in [4.69, 9.17) is 4.74 Å². The minimum absolute atomic E-state index is 0.0167. The lowest BCUT2D eigenvalue weighted by Gasteiger charge is -2.25. The fourth-order valence-corrected chi connectivity index (χ4v) is 3.17. The largest absolute Gasteiger partial charge is 0.497 e. The van der Waals surface area contributed by atoms with Crippen LogP contribution < -0.4 is 15.4 Å². The van der Waals surface area contributed by atoms with E-state index in [-0.39, 0.29) is 24.0 Å². The number of likely N-dealkylation sites (tertiary alicyclic amines) is 1. The van der Waals surface area contributed by atoms with Crippen molar-refractivity contribution in [1.82, 2.24) is 10.2 Å². The number of anilines is 1. The zero-order valence-electron chi connectivity index (χ0n) is 14.9. The number of rotatable bonds is 5. The first-order valence-corrected chi connectivity index (χ1v) is 8.63. The fourth-order valence-electron chi connectivity index (χ4n) is 3.17. The van der Waals surface area contributed by atoms with Crippen LogP contribution in [0.2, 0.25) is 0 Å². The minimum atomic E-state index is -0.328. The normalized spacial score (nSPS) is 17.7. The standard InChI is InChI=1S/C20H23N3O3/c1-14(15-7-4-3-5-8-15)23-13-17(12-19(23)24)22-20(25)21-16-9-6-10-18(11-16)26-2/h3-11,14,17H,12-13H2,1-2H3,(H2,21,22,25). The van der Waals surface area contributed by atoms with Crippen LogP contribution in [0.1, 0.15) is 24.9 Å². The van der Waals surface area contributed by atoms with Crippen molar-refractivity contribution in [2.45, 2.75) is 25.4 Å². The average molecular weight is 353 g/mol. The molecule has 0 radical (unpaired) electrons. The number of methoxy groups -OCH3 is 1. The molecule has 0 aromatic heterocycles. The number of nitrogens with zero attached hydrogens (tertiary/aromatic N) is 1. The first-order valence-electron chi connectivity index (χ1n) is 8.63. The second-order valence-electron chi connectivity index (χ2n) is 6.36. The van der Waals surface area contributed by atoms with Crippen molar-refractivity contribution in [3.05, 3.63) is 60.2 Å². The number of benzene rings is 2. The molecule has 2 N–H and O–H groups in total. The molecule has 2 unspecified atom stereocenters.